The van der Waals surface area contributed by atoms with Crippen LogP contribution in [0.5, 0.6) is 0 Å². The molecule has 2 aromatic heterocycles. The Morgan fingerprint density at radius 3 is 2.77 bits per heavy atom. The Kier molecular flexibility index (Phi) is 4.02. The van der Waals surface area contributed by atoms with Gasteiger partial charge in [0.25, 0.3) is 5.56 Å². The third-order valence-corrected chi connectivity index (χ3v) is 4.59. The Morgan fingerprint density at radius 2 is 2.05 bits per heavy atom. The molecule has 0 atom stereocenters. The number of nitrogens with zero attached hydrogens (tertiary/aromatic N) is 3. The zero-order valence-electron chi connectivity index (χ0n) is 12.8. The van der Waals surface area contributed by atoms with Crippen LogP contribution in [0.4, 0.5) is 0 Å². The average Bonchev–Trinajstić information content (AvgIpc) is 2.88. The summed E-state index contributed by atoms with van der Waals surface area (Å²) in [5, 5.41) is 9.13. The number of benzene rings is 1. The molecule has 0 saturated heterocycles. The molecule has 0 fully saturated rings. The SMILES string of the molecule is Cc1ccccc1CSc1nnc2[nH]c(=O)cc(C(C)C)n12. The van der Waals surface area contributed by atoms with Crippen molar-refractivity contribution in [3.8, 4) is 0 Å². The van der Waals surface area contributed by atoms with Crippen molar-refractivity contribution < 1.29 is 0 Å². The van der Waals surface area contributed by atoms with E-state index in [-0.39, 0.29) is 11.5 Å². The predicted molar refractivity (Wildman–Crippen MR) is 88.4 cm³/mol. The second kappa shape index (κ2) is 5.96. The smallest absolute Gasteiger partial charge is 0.252 e. The molecule has 5 nitrogen and oxygen atoms in total. The highest BCUT2D eigenvalue weighted by Gasteiger charge is 2.14. The number of nitrogens with one attached hydrogen (secondary N) is 1. The van der Waals surface area contributed by atoms with Crippen LogP contribution in [-0.4, -0.2) is 19.6 Å². The minimum atomic E-state index is -0.140. The number of hydrogen-bond acceptors (Lipinski definition) is 4. The third kappa shape index (κ3) is 2.78. The van der Waals surface area contributed by atoms with E-state index in [1.165, 1.54) is 11.1 Å². The summed E-state index contributed by atoms with van der Waals surface area (Å²) in [4.78, 5) is 14.4. The maximum absolute atomic E-state index is 11.7. The first-order valence-electron chi connectivity index (χ1n) is 7.22. The van der Waals surface area contributed by atoms with Crippen molar-refractivity contribution in [1.29, 1.82) is 0 Å². The van der Waals surface area contributed by atoms with Gasteiger partial charge in [0, 0.05) is 17.5 Å². The van der Waals surface area contributed by atoms with Gasteiger partial charge in [-0.2, -0.15) is 0 Å². The lowest BCUT2D eigenvalue weighted by Gasteiger charge is -2.10. The number of thioether (sulfide) groups is 1. The molecule has 0 unspecified atom stereocenters. The molecular formula is C16H18N4OS. The maximum atomic E-state index is 11.7. The molecule has 114 valence electrons. The molecule has 1 aromatic carbocycles. The molecule has 0 saturated carbocycles. The van der Waals surface area contributed by atoms with Crippen LogP contribution >= 0.6 is 11.8 Å². The molecule has 1 N–H and O–H groups in total. The molecule has 0 aliphatic heterocycles. The molecule has 22 heavy (non-hydrogen) atoms. The fourth-order valence-corrected chi connectivity index (χ4v) is 3.39. The van der Waals surface area contributed by atoms with Gasteiger partial charge in [-0.3, -0.25) is 14.2 Å². The fraction of sp³-hybridized carbons (Fsp3) is 0.312. The van der Waals surface area contributed by atoms with Crippen LogP contribution in [0.2, 0.25) is 0 Å². The lowest BCUT2D eigenvalue weighted by Crippen LogP contribution is -2.12. The van der Waals surface area contributed by atoms with E-state index in [1.54, 1.807) is 17.8 Å². The zero-order valence-corrected chi connectivity index (χ0v) is 13.6. The van der Waals surface area contributed by atoms with Gasteiger partial charge in [0.05, 0.1) is 0 Å². The van der Waals surface area contributed by atoms with E-state index in [4.69, 9.17) is 0 Å². The summed E-state index contributed by atoms with van der Waals surface area (Å²) in [5.41, 5.74) is 3.33. The standard InChI is InChI=1S/C16H18N4OS/c1-10(2)13-8-14(21)17-15-18-19-16(20(13)15)22-9-12-7-5-4-6-11(12)3/h4-8,10H,9H2,1-3H3,(H,17,18,21). The van der Waals surface area contributed by atoms with Crippen LogP contribution in [-0.2, 0) is 5.75 Å². The summed E-state index contributed by atoms with van der Waals surface area (Å²) in [6.45, 7) is 6.23. The predicted octanol–water partition coefficient (Wildman–Crippen LogP) is 3.14. The van der Waals surface area contributed by atoms with Gasteiger partial charge in [-0.25, -0.2) is 0 Å². The maximum Gasteiger partial charge on any atom is 0.252 e. The van der Waals surface area contributed by atoms with Crippen LogP contribution in [0.25, 0.3) is 5.78 Å². The number of fused-ring (bicyclic) bond motifs is 1. The van der Waals surface area contributed by atoms with E-state index < -0.39 is 0 Å². The monoisotopic (exact) mass is 314 g/mol. The van der Waals surface area contributed by atoms with E-state index in [9.17, 15) is 4.79 Å². The van der Waals surface area contributed by atoms with Crippen molar-refractivity contribution in [1.82, 2.24) is 19.6 Å². The van der Waals surface area contributed by atoms with Crippen molar-refractivity contribution >= 4 is 17.5 Å². The lowest BCUT2D eigenvalue weighted by molar-refractivity contribution is 0.754. The van der Waals surface area contributed by atoms with E-state index in [1.807, 2.05) is 16.5 Å². The highest BCUT2D eigenvalue weighted by atomic mass is 32.2. The number of aryl methyl sites for hydroxylation is 1. The van der Waals surface area contributed by atoms with Crippen LogP contribution < -0.4 is 5.56 Å². The zero-order chi connectivity index (χ0) is 15.7. The van der Waals surface area contributed by atoms with Gasteiger partial charge < -0.3 is 0 Å². The van der Waals surface area contributed by atoms with Crippen molar-refractivity contribution in [3.63, 3.8) is 0 Å². The Bertz CT molecular complexity index is 866. The summed E-state index contributed by atoms with van der Waals surface area (Å²) < 4.78 is 1.94. The van der Waals surface area contributed by atoms with Crippen molar-refractivity contribution in [2.24, 2.45) is 0 Å². The second-order valence-corrected chi connectivity index (χ2v) is 6.51. The van der Waals surface area contributed by atoms with Gasteiger partial charge in [-0.1, -0.05) is 49.9 Å². The largest absolute Gasteiger partial charge is 0.291 e. The van der Waals surface area contributed by atoms with Crippen LogP contribution in [0.1, 0.15) is 36.6 Å². The lowest BCUT2D eigenvalue weighted by atomic mass is 10.1. The quantitative estimate of drug-likeness (QED) is 0.751. The van der Waals surface area contributed by atoms with Crippen LogP contribution in [0.3, 0.4) is 0 Å². The normalized spacial score (nSPS) is 11.5. The molecule has 3 aromatic rings. The topological polar surface area (TPSA) is 63.0 Å². The summed E-state index contributed by atoms with van der Waals surface area (Å²) in [5.74, 6) is 1.55. The molecule has 0 radical (unpaired) electrons. The molecule has 6 heteroatoms. The van der Waals surface area contributed by atoms with Crippen molar-refractivity contribution in [2.45, 2.75) is 37.6 Å². The molecule has 3 rings (SSSR count). The number of hydrogen-bond donors (Lipinski definition) is 1. The Balaban J connectivity index is 1.98. The molecular weight excluding hydrogens is 296 g/mol. The fourth-order valence-electron chi connectivity index (χ4n) is 2.36. The van der Waals surface area contributed by atoms with Gasteiger partial charge >= 0.3 is 0 Å². The number of rotatable bonds is 4. The first kappa shape index (κ1) is 14.8. The first-order valence-corrected chi connectivity index (χ1v) is 8.20. The highest BCUT2D eigenvalue weighted by Crippen LogP contribution is 2.25. The summed E-state index contributed by atoms with van der Waals surface area (Å²) in [6, 6.07) is 9.93. The van der Waals surface area contributed by atoms with Crippen molar-refractivity contribution in [3.05, 3.63) is 57.5 Å². The molecule has 0 bridgehead atoms. The van der Waals surface area contributed by atoms with E-state index >= 15 is 0 Å². The number of aromatic nitrogens is 4. The second-order valence-electron chi connectivity index (χ2n) is 5.57. The van der Waals surface area contributed by atoms with Crippen molar-refractivity contribution in [2.75, 3.05) is 0 Å². The van der Waals surface area contributed by atoms with E-state index in [0.29, 0.717) is 5.78 Å². The Hall–Kier alpha value is -2.08. The van der Waals surface area contributed by atoms with Crippen LogP contribution in [0, 0.1) is 6.92 Å². The molecule has 2 heterocycles. The Morgan fingerprint density at radius 1 is 1.27 bits per heavy atom. The minimum absolute atomic E-state index is 0.140. The summed E-state index contributed by atoms with van der Waals surface area (Å²) in [6.07, 6.45) is 0. The van der Waals surface area contributed by atoms with E-state index in [0.717, 1.165) is 16.6 Å². The summed E-state index contributed by atoms with van der Waals surface area (Å²) >= 11 is 1.63. The minimum Gasteiger partial charge on any atom is -0.291 e. The highest BCUT2D eigenvalue weighted by molar-refractivity contribution is 7.98. The molecule has 0 amide bonds. The third-order valence-electron chi connectivity index (χ3n) is 3.62. The number of H-pyrrole nitrogens is 1. The Labute approximate surface area is 132 Å². The van der Waals surface area contributed by atoms with Gasteiger partial charge in [-0.05, 0) is 24.0 Å². The molecule has 0 spiro atoms. The van der Waals surface area contributed by atoms with Gasteiger partial charge in [-0.15, -0.1) is 10.2 Å². The first-order chi connectivity index (χ1) is 10.6. The van der Waals surface area contributed by atoms with Gasteiger partial charge in [0.15, 0.2) is 5.16 Å². The molecule has 0 aliphatic carbocycles. The van der Waals surface area contributed by atoms with Crippen LogP contribution in [0.15, 0.2) is 40.3 Å². The van der Waals surface area contributed by atoms with Gasteiger partial charge in [0.1, 0.15) is 0 Å². The molecule has 0 aliphatic rings. The number of aromatic amines is 1. The van der Waals surface area contributed by atoms with Gasteiger partial charge in [0.2, 0.25) is 5.78 Å². The average molecular weight is 314 g/mol. The van der Waals surface area contributed by atoms with E-state index in [2.05, 4.69) is 48.1 Å². The summed E-state index contributed by atoms with van der Waals surface area (Å²) in [7, 11) is 0.